The van der Waals surface area contributed by atoms with Crippen LogP contribution in [0.4, 0.5) is 0 Å². The van der Waals surface area contributed by atoms with Gasteiger partial charge in [-0.25, -0.2) is 4.98 Å². The number of imidazole rings is 1. The Morgan fingerprint density at radius 2 is 2.21 bits per heavy atom. The number of fused-ring (bicyclic) bond motifs is 1. The molecule has 1 atom stereocenters. The van der Waals surface area contributed by atoms with Gasteiger partial charge in [0.1, 0.15) is 5.75 Å². The molecule has 0 aliphatic heterocycles. The second-order valence-electron chi connectivity index (χ2n) is 6.14. The summed E-state index contributed by atoms with van der Waals surface area (Å²) in [6.45, 7) is 0. The van der Waals surface area contributed by atoms with Crippen LogP contribution in [-0.2, 0) is 11.2 Å². The quantitative estimate of drug-likeness (QED) is 0.749. The average Bonchev–Trinajstić information content (AvgIpc) is 3.21. The zero-order valence-corrected chi connectivity index (χ0v) is 14.3. The second-order valence-corrected chi connectivity index (χ2v) is 6.98. The second kappa shape index (κ2) is 6.28. The third kappa shape index (κ3) is 3.01. The fourth-order valence-corrected chi connectivity index (χ4v) is 3.85. The fourth-order valence-electron chi connectivity index (χ4n) is 3.00. The number of thiazole rings is 1. The first-order chi connectivity index (χ1) is 11.7. The Kier molecular flexibility index (Phi) is 3.98. The molecule has 1 N–H and O–H groups in total. The van der Waals surface area contributed by atoms with Gasteiger partial charge in [-0.1, -0.05) is 12.1 Å². The van der Waals surface area contributed by atoms with Gasteiger partial charge in [-0.2, -0.15) is 0 Å². The van der Waals surface area contributed by atoms with E-state index in [0.29, 0.717) is 12.3 Å². The Morgan fingerprint density at radius 3 is 2.92 bits per heavy atom. The largest absolute Gasteiger partial charge is 0.497 e. The summed E-state index contributed by atoms with van der Waals surface area (Å²) in [6.07, 6.45) is 6.37. The monoisotopic (exact) mass is 341 g/mol. The number of hydrogen-bond donors (Lipinski definition) is 1. The Morgan fingerprint density at radius 1 is 1.42 bits per heavy atom. The van der Waals surface area contributed by atoms with Crippen molar-refractivity contribution in [3.05, 3.63) is 53.3 Å². The molecular formula is C18H19N3O2S. The van der Waals surface area contributed by atoms with E-state index in [0.717, 1.165) is 22.0 Å². The topological polar surface area (TPSA) is 55.6 Å². The van der Waals surface area contributed by atoms with Crippen molar-refractivity contribution in [2.45, 2.75) is 25.3 Å². The zero-order valence-electron chi connectivity index (χ0n) is 13.4. The van der Waals surface area contributed by atoms with Gasteiger partial charge in [0.2, 0.25) is 5.91 Å². The number of rotatable bonds is 6. The Bertz CT molecular complexity index is 849. The van der Waals surface area contributed by atoms with Crippen molar-refractivity contribution in [2.75, 3.05) is 7.11 Å². The molecule has 3 aromatic rings. The number of amides is 1. The average molecular weight is 341 g/mol. The summed E-state index contributed by atoms with van der Waals surface area (Å²) < 4.78 is 7.19. The highest BCUT2D eigenvalue weighted by Crippen LogP contribution is 2.41. The summed E-state index contributed by atoms with van der Waals surface area (Å²) in [7, 11) is 1.66. The summed E-state index contributed by atoms with van der Waals surface area (Å²) in [4.78, 5) is 17.7. The van der Waals surface area contributed by atoms with Gasteiger partial charge in [-0.05, 0) is 36.5 Å². The van der Waals surface area contributed by atoms with Crippen LogP contribution in [0, 0.1) is 5.92 Å². The smallest absolute Gasteiger partial charge is 0.226 e. The molecule has 1 saturated carbocycles. The fraction of sp³-hybridized carbons (Fsp3) is 0.333. The standard InChI is InChI=1S/C18H19N3O2S/c1-23-15-6-4-13(5-7-15)17(12-2-3-12)20-16(22)10-14-11-24-18-19-8-9-21(14)18/h4-9,11-12,17H,2-3,10H2,1H3,(H,20,22)/t17-/m0/s1. The molecule has 1 aromatic carbocycles. The van der Waals surface area contributed by atoms with Crippen molar-refractivity contribution in [2.24, 2.45) is 5.92 Å². The van der Waals surface area contributed by atoms with Crippen LogP contribution in [0.25, 0.3) is 4.96 Å². The molecule has 2 aromatic heterocycles. The van der Waals surface area contributed by atoms with Crippen molar-refractivity contribution in [3.8, 4) is 5.75 Å². The van der Waals surface area contributed by atoms with Crippen LogP contribution in [0.1, 0.15) is 30.1 Å². The van der Waals surface area contributed by atoms with Crippen LogP contribution in [0.5, 0.6) is 5.75 Å². The molecule has 0 unspecified atom stereocenters. The molecule has 1 fully saturated rings. The highest BCUT2D eigenvalue weighted by Gasteiger charge is 2.33. The lowest BCUT2D eigenvalue weighted by molar-refractivity contribution is -0.121. The molecule has 2 heterocycles. The number of nitrogens with one attached hydrogen (secondary N) is 1. The summed E-state index contributed by atoms with van der Waals surface area (Å²) >= 11 is 1.56. The maximum atomic E-state index is 12.6. The molecule has 0 spiro atoms. The van der Waals surface area contributed by atoms with Crippen LogP contribution >= 0.6 is 11.3 Å². The number of methoxy groups -OCH3 is 1. The minimum absolute atomic E-state index is 0.0520. The number of benzene rings is 1. The van der Waals surface area contributed by atoms with E-state index in [1.807, 2.05) is 40.2 Å². The highest BCUT2D eigenvalue weighted by molar-refractivity contribution is 7.15. The van der Waals surface area contributed by atoms with Crippen LogP contribution in [-0.4, -0.2) is 22.4 Å². The first-order valence-corrected chi connectivity index (χ1v) is 8.95. The SMILES string of the molecule is COc1ccc([C@@H](NC(=O)Cc2csc3nccn23)C2CC2)cc1. The lowest BCUT2D eigenvalue weighted by Gasteiger charge is -2.19. The van der Waals surface area contributed by atoms with E-state index in [1.54, 1.807) is 24.6 Å². The number of carbonyl (C=O) groups excluding carboxylic acids is 1. The Hall–Kier alpha value is -2.34. The highest BCUT2D eigenvalue weighted by atomic mass is 32.1. The van der Waals surface area contributed by atoms with Crippen LogP contribution in [0.2, 0.25) is 0 Å². The van der Waals surface area contributed by atoms with Gasteiger partial charge in [-0.15, -0.1) is 11.3 Å². The van der Waals surface area contributed by atoms with E-state index in [9.17, 15) is 4.79 Å². The molecule has 124 valence electrons. The van der Waals surface area contributed by atoms with E-state index in [-0.39, 0.29) is 11.9 Å². The first-order valence-electron chi connectivity index (χ1n) is 8.07. The predicted molar refractivity (Wildman–Crippen MR) is 93.4 cm³/mol. The third-order valence-electron chi connectivity index (χ3n) is 4.44. The number of carbonyl (C=O) groups is 1. The minimum Gasteiger partial charge on any atom is -0.497 e. The Labute approximate surface area is 144 Å². The van der Waals surface area contributed by atoms with Gasteiger partial charge in [0, 0.05) is 23.5 Å². The maximum absolute atomic E-state index is 12.6. The van der Waals surface area contributed by atoms with E-state index < -0.39 is 0 Å². The molecule has 6 heteroatoms. The van der Waals surface area contributed by atoms with Crippen molar-refractivity contribution >= 4 is 22.2 Å². The van der Waals surface area contributed by atoms with Crippen LogP contribution < -0.4 is 10.1 Å². The lowest BCUT2D eigenvalue weighted by Crippen LogP contribution is -2.31. The molecule has 0 bridgehead atoms. The molecular weight excluding hydrogens is 322 g/mol. The number of nitrogens with zero attached hydrogens (tertiary/aromatic N) is 2. The van der Waals surface area contributed by atoms with E-state index in [4.69, 9.17) is 4.74 Å². The van der Waals surface area contributed by atoms with Crippen LogP contribution in [0.15, 0.2) is 42.0 Å². The van der Waals surface area contributed by atoms with Gasteiger partial charge < -0.3 is 10.1 Å². The predicted octanol–water partition coefficient (Wildman–Crippen LogP) is 3.21. The van der Waals surface area contributed by atoms with Gasteiger partial charge >= 0.3 is 0 Å². The normalized spacial score (nSPS) is 15.4. The minimum atomic E-state index is 0.0520. The molecule has 0 saturated heterocycles. The van der Waals surface area contributed by atoms with Crippen molar-refractivity contribution in [3.63, 3.8) is 0 Å². The molecule has 1 aliphatic rings. The number of aromatic nitrogens is 2. The number of ether oxygens (including phenoxy) is 1. The van der Waals surface area contributed by atoms with Crippen molar-refractivity contribution in [1.29, 1.82) is 0 Å². The van der Waals surface area contributed by atoms with Crippen LogP contribution in [0.3, 0.4) is 0 Å². The summed E-state index contributed by atoms with van der Waals surface area (Å²) in [6, 6.07) is 8.07. The molecule has 1 amide bonds. The van der Waals surface area contributed by atoms with Gasteiger partial charge in [0.15, 0.2) is 4.96 Å². The summed E-state index contributed by atoms with van der Waals surface area (Å²) in [5.41, 5.74) is 2.12. The molecule has 0 radical (unpaired) electrons. The van der Waals surface area contributed by atoms with E-state index in [2.05, 4.69) is 10.3 Å². The maximum Gasteiger partial charge on any atom is 0.226 e. The number of hydrogen-bond acceptors (Lipinski definition) is 4. The van der Waals surface area contributed by atoms with E-state index >= 15 is 0 Å². The molecule has 1 aliphatic carbocycles. The first kappa shape index (κ1) is 15.2. The van der Waals surface area contributed by atoms with Gasteiger partial charge in [0.25, 0.3) is 0 Å². The van der Waals surface area contributed by atoms with Gasteiger partial charge in [0.05, 0.1) is 19.6 Å². The molecule has 5 nitrogen and oxygen atoms in total. The van der Waals surface area contributed by atoms with Crippen molar-refractivity contribution in [1.82, 2.24) is 14.7 Å². The summed E-state index contributed by atoms with van der Waals surface area (Å²) in [5, 5.41) is 5.22. The van der Waals surface area contributed by atoms with Crippen molar-refractivity contribution < 1.29 is 9.53 Å². The zero-order chi connectivity index (χ0) is 16.5. The Balaban J connectivity index is 1.48. The third-order valence-corrected chi connectivity index (χ3v) is 5.35. The molecule has 4 rings (SSSR count). The lowest BCUT2D eigenvalue weighted by atomic mass is 10.0. The van der Waals surface area contributed by atoms with Gasteiger partial charge in [-0.3, -0.25) is 9.20 Å². The molecule has 24 heavy (non-hydrogen) atoms. The van der Waals surface area contributed by atoms with E-state index in [1.165, 1.54) is 12.8 Å². The summed E-state index contributed by atoms with van der Waals surface area (Å²) in [5.74, 6) is 1.43.